The number of para-hydroxylation sites is 1. The van der Waals surface area contributed by atoms with Crippen LogP contribution in [0, 0.1) is 11.3 Å². The summed E-state index contributed by atoms with van der Waals surface area (Å²) in [5.74, 6) is -0.944. The molecule has 4 rings (SSSR count). The van der Waals surface area contributed by atoms with Gasteiger partial charge in [0.25, 0.3) is 5.91 Å². The molecular weight excluding hydrogens is 422 g/mol. The summed E-state index contributed by atoms with van der Waals surface area (Å²) < 4.78 is 7.34. The van der Waals surface area contributed by atoms with Crippen LogP contribution < -0.4 is 5.32 Å². The first kappa shape index (κ1) is 21.8. The number of rotatable bonds is 6. The molecule has 0 aliphatic heterocycles. The van der Waals surface area contributed by atoms with E-state index in [1.165, 1.54) is 11.3 Å². The molecule has 0 saturated carbocycles. The number of anilines is 1. The standard InChI is InChI=1S/C25H25N3O3S/c1-3-28-15-17(18-9-5-7-11-20(18)28)13-16(14-26)23(29)27-24-22(25(30)31-4-2)19-10-6-8-12-21(19)32-24/h5,7,9,11,13,15H,3-4,6,8,10,12H2,1-2H3,(H,27,29). The fourth-order valence-electron chi connectivity index (χ4n) is 4.20. The maximum absolute atomic E-state index is 13.1. The molecule has 0 unspecified atom stereocenters. The second-order valence-electron chi connectivity index (χ2n) is 7.65. The number of nitrogens with zero attached hydrogens (tertiary/aromatic N) is 2. The molecule has 2 heterocycles. The van der Waals surface area contributed by atoms with Crippen molar-refractivity contribution in [3.05, 3.63) is 57.6 Å². The Balaban J connectivity index is 1.69. The number of aromatic nitrogens is 1. The third-order valence-corrected chi connectivity index (χ3v) is 6.91. The predicted molar refractivity (Wildman–Crippen MR) is 127 cm³/mol. The van der Waals surface area contributed by atoms with Gasteiger partial charge in [0.15, 0.2) is 0 Å². The van der Waals surface area contributed by atoms with Gasteiger partial charge in [0.1, 0.15) is 16.6 Å². The van der Waals surface area contributed by atoms with Gasteiger partial charge in [0.05, 0.1) is 12.2 Å². The van der Waals surface area contributed by atoms with Crippen molar-refractivity contribution in [1.82, 2.24) is 4.57 Å². The summed E-state index contributed by atoms with van der Waals surface area (Å²) in [5, 5.41) is 14.0. The highest BCUT2D eigenvalue weighted by atomic mass is 32.1. The van der Waals surface area contributed by atoms with Gasteiger partial charge in [-0.15, -0.1) is 11.3 Å². The van der Waals surface area contributed by atoms with Crippen molar-refractivity contribution >= 4 is 45.2 Å². The van der Waals surface area contributed by atoms with Crippen molar-refractivity contribution in [2.45, 2.75) is 46.1 Å². The van der Waals surface area contributed by atoms with E-state index in [1.54, 1.807) is 13.0 Å². The number of esters is 1. The number of carbonyl (C=O) groups excluding carboxylic acids is 2. The van der Waals surface area contributed by atoms with Gasteiger partial charge < -0.3 is 14.6 Å². The van der Waals surface area contributed by atoms with E-state index in [4.69, 9.17) is 4.74 Å². The molecule has 3 aromatic rings. The van der Waals surface area contributed by atoms with E-state index in [0.717, 1.165) is 59.1 Å². The third-order valence-electron chi connectivity index (χ3n) is 5.70. The van der Waals surface area contributed by atoms with Gasteiger partial charge in [-0.25, -0.2) is 4.79 Å². The average Bonchev–Trinajstić information content (AvgIpc) is 3.35. The summed E-state index contributed by atoms with van der Waals surface area (Å²) >= 11 is 1.42. The van der Waals surface area contributed by atoms with Crippen LogP contribution in [0.2, 0.25) is 0 Å². The molecule has 7 heteroatoms. The predicted octanol–water partition coefficient (Wildman–Crippen LogP) is 5.32. The first-order chi connectivity index (χ1) is 15.6. The van der Waals surface area contributed by atoms with Crippen LogP contribution in [0.4, 0.5) is 5.00 Å². The molecule has 1 aliphatic carbocycles. The van der Waals surface area contributed by atoms with Gasteiger partial charge >= 0.3 is 5.97 Å². The summed E-state index contributed by atoms with van der Waals surface area (Å²) in [6.45, 7) is 4.86. The molecule has 0 fully saturated rings. The molecule has 1 aliphatic rings. The van der Waals surface area contributed by atoms with Gasteiger partial charge in [-0.1, -0.05) is 18.2 Å². The average molecular weight is 448 g/mol. The molecule has 0 radical (unpaired) electrons. The molecule has 1 amide bonds. The number of hydrogen-bond acceptors (Lipinski definition) is 5. The van der Waals surface area contributed by atoms with Crippen LogP contribution >= 0.6 is 11.3 Å². The molecule has 0 saturated heterocycles. The molecular formula is C25H25N3O3S. The number of amides is 1. The highest BCUT2D eigenvalue weighted by Gasteiger charge is 2.27. The van der Waals surface area contributed by atoms with Crippen LogP contribution in [0.3, 0.4) is 0 Å². The van der Waals surface area contributed by atoms with E-state index in [1.807, 2.05) is 43.5 Å². The Morgan fingerprint density at radius 2 is 2.03 bits per heavy atom. The topological polar surface area (TPSA) is 84.1 Å². The largest absolute Gasteiger partial charge is 0.462 e. The number of aryl methyl sites for hydroxylation is 2. The Kier molecular flexibility index (Phi) is 6.42. The van der Waals surface area contributed by atoms with E-state index in [-0.39, 0.29) is 12.2 Å². The summed E-state index contributed by atoms with van der Waals surface area (Å²) in [4.78, 5) is 26.8. The number of thiophene rings is 1. The fraction of sp³-hybridized carbons (Fsp3) is 0.320. The molecule has 6 nitrogen and oxygen atoms in total. The minimum absolute atomic E-state index is 0.00909. The Morgan fingerprint density at radius 1 is 1.25 bits per heavy atom. The highest BCUT2D eigenvalue weighted by Crippen LogP contribution is 2.39. The van der Waals surface area contributed by atoms with Gasteiger partial charge in [-0.2, -0.15) is 5.26 Å². The molecule has 2 aromatic heterocycles. The second kappa shape index (κ2) is 9.41. The Hall–Kier alpha value is -3.37. The lowest BCUT2D eigenvalue weighted by atomic mass is 9.95. The normalized spacial score (nSPS) is 13.5. The van der Waals surface area contributed by atoms with Crippen LogP contribution in [0.5, 0.6) is 0 Å². The van der Waals surface area contributed by atoms with E-state index in [9.17, 15) is 14.9 Å². The summed E-state index contributed by atoms with van der Waals surface area (Å²) in [5.41, 5.74) is 3.27. The van der Waals surface area contributed by atoms with Crippen molar-refractivity contribution < 1.29 is 14.3 Å². The number of hydrogen-bond donors (Lipinski definition) is 1. The molecule has 32 heavy (non-hydrogen) atoms. The van der Waals surface area contributed by atoms with Crippen LogP contribution in [-0.2, 0) is 28.9 Å². The van der Waals surface area contributed by atoms with Gasteiger partial charge in [0.2, 0.25) is 0 Å². The van der Waals surface area contributed by atoms with E-state index in [2.05, 4.69) is 9.88 Å². The quantitative estimate of drug-likeness (QED) is 0.315. The van der Waals surface area contributed by atoms with E-state index >= 15 is 0 Å². The molecule has 0 spiro atoms. The lowest BCUT2D eigenvalue weighted by molar-refractivity contribution is -0.112. The SMILES string of the molecule is CCOC(=O)c1c(NC(=O)C(C#N)=Cc2cn(CC)c3ccccc23)sc2c1CCCC2. The first-order valence-corrected chi connectivity index (χ1v) is 11.7. The summed E-state index contributed by atoms with van der Waals surface area (Å²) in [6.07, 6.45) is 7.32. The molecule has 164 valence electrons. The van der Waals surface area contributed by atoms with Crippen LogP contribution in [0.25, 0.3) is 17.0 Å². The van der Waals surface area contributed by atoms with E-state index < -0.39 is 11.9 Å². The minimum Gasteiger partial charge on any atom is -0.462 e. The zero-order chi connectivity index (χ0) is 22.7. The van der Waals surface area contributed by atoms with Crippen molar-refractivity contribution in [3.63, 3.8) is 0 Å². The van der Waals surface area contributed by atoms with Crippen molar-refractivity contribution in [2.24, 2.45) is 0 Å². The maximum atomic E-state index is 13.1. The molecule has 0 bridgehead atoms. The fourth-order valence-corrected chi connectivity index (χ4v) is 5.47. The molecule has 0 atom stereocenters. The van der Waals surface area contributed by atoms with Gasteiger partial charge in [0, 0.05) is 34.1 Å². The van der Waals surface area contributed by atoms with Crippen LogP contribution in [0.15, 0.2) is 36.0 Å². The number of carbonyl (C=O) groups is 2. The Labute approximate surface area is 191 Å². The zero-order valence-corrected chi connectivity index (χ0v) is 19.1. The second-order valence-corrected chi connectivity index (χ2v) is 8.75. The Morgan fingerprint density at radius 3 is 2.78 bits per heavy atom. The van der Waals surface area contributed by atoms with E-state index in [0.29, 0.717) is 10.6 Å². The lowest BCUT2D eigenvalue weighted by Gasteiger charge is -2.12. The third kappa shape index (κ3) is 4.06. The maximum Gasteiger partial charge on any atom is 0.341 e. The number of benzene rings is 1. The lowest BCUT2D eigenvalue weighted by Crippen LogP contribution is -2.16. The van der Waals surface area contributed by atoms with Gasteiger partial charge in [-0.05, 0) is 57.2 Å². The number of fused-ring (bicyclic) bond motifs is 2. The number of nitrogens with one attached hydrogen (secondary N) is 1. The van der Waals surface area contributed by atoms with Gasteiger partial charge in [-0.3, -0.25) is 4.79 Å². The Bertz CT molecular complexity index is 1260. The zero-order valence-electron chi connectivity index (χ0n) is 18.2. The van der Waals surface area contributed by atoms with Crippen molar-refractivity contribution in [2.75, 3.05) is 11.9 Å². The molecule has 1 aromatic carbocycles. The number of nitriles is 1. The summed E-state index contributed by atoms with van der Waals surface area (Å²) in [6, 6.07) is 9.93. The summed E-state index contributed by atoms with van der Waals surface area (Å²) in [7, 11) is 0. The number of ether oxygens (including phenoxy) is 1. The first-order valence-electron chi connectivity index (χ1n) is 10.9. The molecule has 1 N–H and O–H groups in total. The smallest absolute Gasteiger partial charge is 0.341 e. The highest BCUT2D eigenvalue weighted by molar-refractivity contribution is 7.17. The van der Waals surface area contributed by atoms with Crippen LogP contribution in [0.1, 0.15) is 53.1 Å². The van der Waals surface area contributed by atoms with Crippen LogP contribution in [-0.4, -0.2) is 23.1 Å². The minimum atomic E-state index is -0.523. The monoisotopic (exact) mass is 447 g/mol. The van der Waals surface area contributed by atoms with Crippen molar-refractivity contribution in [1.29, 1.82) is 5.26 Å². The van der Waals surface area contributed by atoms with Crippen molar-refractivity contribution in [3.8, 4) is 6.07 Å².